The number of ether oxygens (including phenoxy) is 4. The molecule has 0 saturated carbocycles. The van der Waals surface area contributed by atoms with Crippen LogP contribution in [0.5, 0.6) is 0 Å². The van der Waals surface area contributed by atoms with Crippen LogP contribution in [0.15, 0.2) is 0 Å². The normalized spacial score (nSPS) is 42.6. The van der Waals surface area contributed by atoms with E-state index in [1.54, 1.807) is 21.0 Å². The number of carbonyl (C=O) groups is 1. The van der Waals surface area contributed by atoms with Gasteiger partial charge in [0.25, 0.3) is 0 Å². The van der Waals surface area contributed by atoms with Crippen LogP contribution in [0, 0.1) is 29.1 Å². The molecule has 0 aromatic rings. The van der Waals surface area contributed by atoms with E-state index in [0.29, 0.717) is 19.0 Å². The quantitative estimate of drug-likeness (QED) is 0.356. The molecule has 238 valence electrons. The molecule has 2 aliphatic rings. The Morgan fingerprint density at radius 2 is 1.83 bits per heavy atom. The van der Waals surface area contributed by atoms with E-state index in [4.69, 9.17) is 18.9 Å². The largest absolute Gasteiger partial charge is 0.459 e. The van der Waals surface area contributed by atoms with Crippen molar-refractivity contribution in [2.24, 2.45) is 17.8 Å². The average molecular weight is 584 g/mol. The van der Waals surface area contributed by atoms with E-state index in [-0.39, 0.29) is 36.9 Å². The summed E-state index contributed by atoms with van der Waals surface area (Å²) in [6, 6.07) is 2.00. The van der Waals surface area contributed by atoms with Crippen LogP contribution < -0.4 is 0 Å². The maximum atomic E-state index is 13.5. The van der Waals surface area contributed by atoms with E-state index in [0.717, 1.165) is 25.7 Å². The van der Waals surface area contributed by atoms with E-state index < -0.39 is 41.8 Å². The molecule has 0 radical (unpaired) electrons. The molecular weight excluding hydrogens is 526 g/mol. The van der Waals surface area contributed by atoms with Crippen LogP contribution in [0.25, 0.3) is 0 Å². The zero-order chi connectivity index (χ0) is 31.1. The first-order valence-corrected chi connectivity index (χ1v) is 15.4. The summed E-state index contributed by atoms with van der Waals surface area (Å²) in [5.41, 5.74) is -1.72. The zero-order valence-electron chi connectivity index (χ0n) is 27.1. The first-order valence-electron chi connectivity index (χ1n) is 15.4. The van der Waals surface area contributed by atoms with Gasteiger partial charge < -0.3 is 34.1 Å². The Morgan fingerprint density at radius 3 is 2.39 bits per heavy atom. The van der Waals surface area contributed by atoms with Crippen molar-refractivity contribution in [3.63, 3.8) is 0 Å². The predicted molar refractivity (Wildman–Crippen MR) is 157 cm³/mol. The first-order chi connectivity index (χ1) is 19.2. The van der Waals surface area contributed by atoms with Crippen LogP contribution >= 0.6 is 0 Å². The monoisotopic (exact) mass is 583 g/mol. The van der Waals surface area contributed by atoms with Gasteiger partial charge in [-0.2, -0.15) is 5.26 Å². The van der Waals surface area contributed by atoms with Crippen LogP contribution in [0.1, 0.15) is 80.6 Å². The number of hydrogen-bond donors (Lipinski definition) is 2. The summed E-state index contributed by atoms with van der Waals surface area (Å²) < 4.78 is 24.8. The number of rotatable bonds is 6. The molecule has 2 N–H and O–H groups in total. The van der Waals surface area contributed by atoms with Crippen LogP contribution in [0.4, 0.5) is 0 Å². The topological polar surface area (TPSA) is 125 Å². The molecular formula is C31H57N3O7. The molecule has 0 aromatic carbocycles. The highest BCUT2D eigenvalue weighted by atomic mass is 16.7. The second-order valence-electron chi connectivity index (χ2n) is 12.9. The van der Waals surface area contributed by atoms with Gasteiger partial charge in [-0.05, 0) is 79.9 Å². The van der Waals surface area contributed by atoms with Crippen molar-refractivity contribution in [2.45, 2.75) is 135 Å². The predicted octanol–water partition coefficient (Wildman–Crippen LogP) is 3.19. The highest BCUT2D eigenvalue weighted by molar-refractivity contribution is 5.73. The number of esters is 1. The Balaban J connectivity index is 2.46. The lowest BCUT2D eigenvalue weighted by Crippen LogP contribution is -2.59. The third-order valence-corrected chi connectivity index (χ3v) is 9.52. The smallest absolute Gasteiger partial charge is 0.311 e. The lowest BCUT2D eigenvalue weighted by Gasteiger charge is -2.42. The number of nitrogens with zero attached hydrogens (tertiary/aromatic N) is 3. The van der Waals surface area contributed by atoms with Crippen LogP contribution in [-0.2, 0) is 23.7 Å². The Labute approximate surface area is 248 Å². The fraction of sp³-hybridized carbons (Fsp3) is 0.935. The molecule has 0 aromatic heterocycles. The van der Waals surface area contributed by atoms with Crippen LogP contribution in [0.3, 0.4) is 0 Å². The van der Waals surface area contributed by atoms with Gasteiger partial charge in [-0.1, -0.05) is 20.8 Å². The van der Waals surface area contributed by atoms with E-state index in [9.17, 15) is 20.3 Å². The summed E-state index contributed by atoms with van der Waals surface area (Å²) in [6.45, 7) is 13.8. The van der Waals surface area contributed by atoms with Crippen LogP contribution in [-0.4, -0.2) is 115 Å². The molecule has 2 fully saturated rings. The van der Waals surface area contributed by atoms with Gasteiger partial charge in [0.1, 0.15) is 17.8 Å². The van der Waals surface area contributed by atoms with Gasteiger partial charge in [0.15, 0.2) is 6.29 Å². The van der Waals surface area contributed by atoms with Crippen molar-refractivity contribution < 1.29 is 34.0 Å². The van der Waals surface area contributed by atoms with Gasteiger partial charge in [0, 0.05) is 31.5 Å². The molecule has 0 aliphatic carbocycles. The molecule has 10 heteroatoms. The summed E-state index contributed by atoms with van der Waals surface area (Å²) in [7, 11) is 5.76. The Morgan fingerprint density at radius 1 is 1.17 bits per heavy atom. The molecule has 0 amide bonds. The average Bonchev–Trinajstić information content (AvgIpc) is 2.92. The van der Waals surface area contributed by atoms with Crippen molar-refractivity contribution in [3.05, 3.63) is 0 Å². The summed E-state index contributed by atoms with van der Waals surface area (Å²) in [5, 5.41) is 32.2. The minimum Gasteiger partial charge on any atom is -0.459 e. The first kappa shape index (κ1) is 35.9. The fourth-order valence-electron chi connectivity index (χ4n) is 6.77. The zero-order valence-corrected chi connectivity index (χ0v) is 27.1. The summed E-state index contributed by atoms with van der Waals surface area (Å²) in [4.78, 5) is 17.6. The maximum Gasteiger partial charge on any atom is 0.311 e. The van der Waals surface area contributed by atoms with Gasteiger partial charge in [0.05, 0.1) is 36.8 Å². The number of cyclic esters (lactones) is 1. The van der Waals surface area contributed by atoms with Crippen molar-refractivity contribution in [1.82, 2.24) is 9.80 Å². The standard InChI is InChI=1S/C31H57N3O7/c1-11-25-31(7,37)29(35)23(6)34(16-14-32)15-12-13-19(2)27(21(4)28(38-10)22(5)30(36)40-25)41-26-18-24(33(8)9)17-20(3)39-26/h19-29,35,37H,11-13,15-18H2,1-10H3/t19-,20?,21+,22?,23?,24?,25+,26?,27-,28-,29?,31+/m0/s1. The van der Waals surface area contributed by atoms with Gasteiger partial charge in [-0.25, -0.2) is 0 Å². The molecule has 2 aliphatic heterocycles. The number of methoxy groups -OCH3 is 1. The Bertz CT molecular complexity index is 850. The number of aliphatic hydroxyl groups is 2. The lowest BCUT2D eigenvalue weighted by atomic mass is 9.82. The second kappa shape index (κ2) is 15.9. The van der Waals surface area contributed by atoms with Gasteiger partial charge >= 0.3 is 5.97 Å². The Hall–Kier alpha value is -1.32. The summed E-state index contributed by atoms with van der Waals surface area (Å²) >= 11 is 0. The molecule has 2 rings (SSSR count). The van der Waals surface area contributed by atoms with E-state index >= 15 is 0 Å². The molecule has 0 bridgehead atoms. The minimum absolute atomic E-state index is 0.0624. The van der Waals surface area contributed by atoms with E-state index in [2.05, 4.69) is 38.9 Å². The van der Waals surface area contributed by atoms with Gasteiger partial charge in [-0.15, -0.1) is 0 Å². The third kappa shape index (κ3) is 9.09. The molecule has 12 atom stereocenters. The molecule has 6 unspecified atom stereocenters. The summed E-state index contributed by atoms with van der Waals surface area (Å²) in [5.74, 6) is -1.23. The molecule has 0 spiro atoms. The number of carbonyl (C=O) groups excluding carboxylic acids is 1. The molecule has 10 nitrogen and oxygen atoms in total. The SMILES string of the molecule is CC[C@H]1OC(=O)C(C)[C@@H](OC)[C@H](C)[C@@H](OC2CC(N(C)C)CC(C)O2)[C@@H](C)CCCN(CC#N)C(C)C(O)[C@]1(C)O. The number of hydrogen-bond acceptors (Lipinski definition) is 10. The maximum absolute atomic E-state index is 13.5. The highest BCUT2D eigenvalue weighted by Crippen LogP contribution is 2.34. The minimum atomic E-state index is -1.72. The Kier molecular flexibility index (Phi) is 14.0. The van der Waals surface area contributed by atoms with Gasteiger partial charge in [0.2, 0.25) is 0 Å². The molecule has 2 saturated heterocycles. The second-order valence-corrected chi connectivity index (χ2v) is 12.9. The molecule has 41 heavy (non-hydrogen) atoms. The highest BCUT2D eigenvalue weighted by Gasteiger charge is 2.46. The van der Waals surface area contributed by atoms with Gasteiger partial charge in [-0.3, -0.25) is 9.69 Å². The summed E-state index contributed by atoms with van der Waals surface area (Å²) in [6.07, 6.45) is 0.280. The van der Waals surface area contributed by atoms with Crippen molar-refractivity contribution in [1.29, 1.82) is 5.26 Å². The number of nitriles is 1. The van der Waals surface area contributed by atoms with E-state index in [1.807, 2.05) is 18.7 Å². The van der Waals surface area contributed by atoms with Crippen molar-refractivity contribution in [3.8, 4) is 6.07 Å². The molecule has 2 heterocycles. The van der Waals surface area contributed by atoms with Crippen molar-refractivity contribution in [2.75, 3.05) is 34.3 Å². The number of aliphatic hydroxyl groups excluding tert-OH is 1. The van der Waals surface area contributed by atoms with Crippen LogP contribution in [0.2, 0.25) is 0 Å². The van der Waals surface area contributed by atoms with Crippen molar-refractivity contribution >= 4 is 5.97 Å². The third-order valence-electron chi connectivity index (χ3n) is 9.52. The van der Waals surface area contributed by atoms with E-state index in [1.165, 1.54) is 6.92 Å². The lowest BCUT2D eigenvalue weighted by molar-refractivity contribution is -0.244. The fourth-order valence-corrected chi connectivity index (χ4v) is 6.77.